The van der Waals surface area contributed by atoms with Crippen molar-refractivity contribution < 1.29 is 22.8 Å². The Balaban J connectivity index is 1.84. The molecule has 0 spiro atoms. The average Bonchev–Trinajstić information content (AvgIpc) is 2.63. The molecule has 0 aliphatic carbocycles. The molecule has 3 rings (SSSR count). The number of aryl methyl sites for hydroxylation is 1. The molecule has 144 valence electrons. The molecule has 0 saturated heterocycles. The number of nitrogens with zero attached hydrogens (tertiary/aromatic N) is 2. The van der Waals surface area contributed by atoms with E-state index in [9.17, 15) is 18.5 Å². The number of fused-ring (bicyclic) bond motifs is 1. The van der Waals surface area contributed by atoms with E-state index in [1.165, 1.54) is 13.1 Å². The normalized spacial score (nSPS) is 16.4. The second kappa shape index (κ2) is 7.16. The van der Waals surface area contributed by atoms with Crippen LogP contribution in [0.5, 0.6) is 11.5 Å². The number of sulfonamides is 1. The lowest BCUT2D eigenvalue weighted by atomic mass is 10.1. The zero-order valence-corrected chi connectivity index (χ0v) is 16.0. The first-order valence-corrected chi connectivity index (χ1v) is 9.74. The van der Waals surface area contributed by atoms with Crippen LogP contribution in [0.3, 0.4) is 0 Å². The average molecular weight is 392 g/mol. The first-order chi connectivity index (χ1) is 12.7. The minimum absolute atomic E-state index is 0.0534. The van der Waals surface area contributed by atoms with Crippen LogP contribution >= 0.6 is 0 Å². The first-order valence-electron chi connectivity index (χ1n) is 8.30. The third kappa shape index (κ3) is 3.74. The summed E-state index contributed by atoms with van der Waals surface area (Å²) < 4.78 is 38.6. The highest BCUT2D eigenvalue weighted by atomic mass is 32.2. The van der Waals surface area contributed by atoms with Gasteiger partial charge in [0.05, 0.1) is 16.4 Å². The van der Waals surface area contributed by atoms with E-state index in [0.29, 0.717) is 22.6 Å². The zero-order chi connectivity index (χ0) is 19.8. The highest BCUT2D eigenvalue weighted by Gasteiger charge is 2.30. The summed E-state index contributed by atoms with van der Waals surface area (Å²) in [5.74, 6) is 1.17. The quantitative estimate of drug-likeness (QED) is 0.573. The molecular formula is C18H20N2O6S. The van der Waals surface area contributed by atoms with Gasteiger partial charge in [-0.15, -0.1) is 0 Å². The third-order valence-corrected chi connectivity index (χ3v) is 6.48. The number of non-ortho nitro benzene ring substituents is 1. The van der Waals surface area contributed by atoms with Crippen molar-refractivity contribution in [3.05, 3.63) is 57.6 Å². The number of nitro groups is 1. The summed E-state index contributed by atoms with van der Waals surface area (Å²) in [7, 11) is -2.51. The molecule has 1 aliphatic heterocycles. The van der Waals surface area contributed by atoms with Gasteiger partial charge in [-0.25, -0.2) is 8.42 Å². The van der Waals surface area contributed by atoms with Gasteiger partial charge in [0.1, 0.15) is 12.7 Å². The number of hydrogen-bond acceptors (Lipinski definition) is 6. The topological polar surface area (TPSA) is 99.0 Å². The maximum Gasteiger partial charge on any atom is 0.271 e. The summed E-state index contributed by atoms with van der Waals surface area (Å²) >= 11 is 0. The lowest BCUT2D eigenvalue weighted by molar-refractivity contribution is -0.385. The van der Waals surface area contributed by atoms with Crippen molar-refractivity contribution in [2.75, 3.05) is 20.2 Å². The van der Waals surface area contributed by atoms with E-state index < -0.39 is 21.1 Å². The van der Waals surface area contributed by atoms with Crippen molar-refractivity contribution >= 4 is 15.7 Å². The van der Waals surface area contributed by atoms with Gasteiger partial charge in [0, 0.05) is 19.2 Å². The highest BCUT2D eigenvalue weighted by Crippen LogP contribution is 2.32. The van der Waals surface area contributed by atoms with Crippen LogP contribution in [-0.2, 0) is 10.0 Å². The van der Waals surface area contributed by atoms with Gasteiger partial charge in [-0.2, -0.15) is 4.31 Å². The molecule has 1 unspecified atom stereocenters. The largest absolute Gasteiger partial charge is 0.486 e. The molecule has 0 bridgehead atoms. The van der Waals surface area contributed by atoms with Crippen LogP contribution < -0.4 is 9.47 Å². The second-order valence-electron chi connectivity index (χ2n) is 6.43. The van der Waals surface area contributed by atoms with Gasteiger partial charge in [-0.1, -0.05) is 12.1 Å². The van der Waals surface area contributed by atoms with Crippen molar-refractivity contribution in [1.82, 2.24) is 4.31 Å². The molecular weight excluding hydrogens is 372 g/mol. The zero-order valence-electron chi connectivity index (χ0n) is 15.2. The van der Waals surface area contributed by atoms with Crippen molar-refractivity contribution in [2.24, 2.45) is 0 Å². The lowest BCUT2D eigenvalue weighted by Crippen LogP contribution is -2.41. The molecule has 1 aliphatic rings. The Morgan fingerprint density at radius 2 is 1.89 bits per heavy atom. The number of ether oxygens (including phenoxy) is 2. The molecule has 0 N–H and O–H groups in total. The minimum Gasteiger partial charge on any atom is -0.486 e. The molecule has 0 saturated carbocycles. The number of likely N-dealkylation sites (N-methyl/N-ethyl adjacent to an activating group) is 1. The standard InChI is InChI=1S/C18H20N2O6S/c1-12-8-14(20(21)22)9-18(13(12)2)27(23,24)19(3)10-15-11-25-16-6-4-5-7-17(16)26-15/h4-9,15H,10-11H2,1-3H3. The molecule has 9 heteroatoms. The summed E-state index contributed by atoms with van der Waals surface area (Å²) in [5.41, 5.74) is 0.775. The summed E-state index contributed by atoms with van der Waals surface area (Å²) in [5, 5.41) is 11.1. The van der Waals surface area contributed by atoms with Crippen molar-refractivity contribution in [3.63, 3.8) is 0 Å². The minimum atomic E-state index is -3.93. The molecule has 0 fully saturated rings. The number of nitro benzene ring substituents is 1. The van der Waals surface area contributed by atoms with E-state index in [2.05, 4.69) is 0 Å². The van der Waals surface area contributed by atoms with Crippen molar-refractivity contribution in [1.29, 1.82) is 0 Å². The predicted molar refractivity (Wildman–Crippen MR) is 98.7 cm³/mol. The first kappa shape index (κ1) is 19.1. The summed E-state index contributed by atoms with van der Waals surface area (Å²) in [4.78, 5) is 10.4. The van der Waals surface area contributed by atoms with Crippen LogP contribution in [-0.4, -0.2) is 43.9 Å². The van der Waals surface area contributed by atoms with Crippen LogP contribution in [0.15, 0.2) is 41.3 Å². The van der Waals surface area contributed by atoms with Gasteiger partial charge in [0.25, 0.3) is 5.69 Å². The smallest absolute Gasteiger partial charge is 0.271 e. The van der Waals surface area contributed by atoms with Gasteiger partial charge in [0.2, 0.25) is 10.0 Å². The maximum atomic E-state index is 13.0. The fourth-order valence-corrected chi connectivity index (χ4v) is 4.40. The molecule has 0 radical (unpaired) electrons. The van der Waals surface area contributed by atoms with Crippen molar-refractivity contribution in [2.45, 2.75) is 24.8 Å². The van der Waals surface area contributed by atoms with Gasteiger partial charge in [-0.05, 0) is 37.1 Å². The Labute approximate surface area is 157 Å². The van der Waals surface area contributed by atoms with Gasteiger partial charge in [-0.3, -0.25) is 10.1 Å². The fraction of sp³-hybridized carbons (Fsp3) is 0.333. The van der Waals surface area contributed by atoms with E-state index in [-0.39, 0.29) is 23.7 Å². The fourth-order valence-electron chi connectivity index (χ4n) is 2.89. The van der Waals surface area contributed by atoms with E-state index in [4.69, 9.17) is 9.47 Å². The number of hydrogen-bond donors (Lipinski definition) is 0. The molecule has 0 amide bonds. The van der Waals surface area contributed by atoms with Crippen LogP contribution in [0.2, 0.25) is 0 Å². The summed E-state index contributed by atoms with van der Waals surface area (Å²) in [6.07, 6.45) is -0.486. The molecule has 2 aromatic carbocycles. The maximum absolute atomic E-state index is 13.0. The Bertz CT molecular complexity index is 989. The molecule has 2 aromatic rings. The molecule has 27 heavy (non-hydrogen) atoms. The van der Waals surface area contributed by atoms with Crippen LogP contribution in [0, 0.1) is 24.0 Å². The summed E-state index contributed by atoms with van der Waals surface area (Å²) in [6.45, 7) is 3.55. The van der Waals surface area contributed by atoms with E-state index in [1.54, 1.807) is 32.0 Å². The number of benzene rings is 2. The Morgan fingerprint density at radius 3 is 2.56 bits per heavy atom. The number of para-hydroxylation sites is 2. The van der Waals surface area contributed by atoms with Gasteiger partial charge >= 0.3 is 0 Å². The Hall–Kier alpha value is -2.65. The highest BCUT2D eigenvalue weighted by molar-refractivity contribution is 7.89. The van der Waals surface area contributed by atoms with Crippen LogP contribution in [0.4, 0.5) is 5.69 Å². The van der Waals surface area contributed by atoms with Crippen LogP contribution in [0.25, 0.3) is 0 Å². The van der Waals surface area contributed by atoms with E-state index in [1.807, 2.05) is 6.07 Å². The number of rotatable bonds is 5. The summed E-state index contributed by atoms with van der Waals surface area (Å²) in [6, 6.07) is 9.63. The van der Waals surface area contributed by atoms with Gasteiger partial charge in [0.15, 0.2) is 11.5 Å². The van der Waals surface area contributed by atoms with Crippen molar-refractivity contribution in [3.8, 4) is 11.5 Å². The lowest BCUT2D eigenvalue weighted by Gasteiger charge is -2.29. The monoisotopic (exact) mass is 392 g/mol. The molecule has 8 nitrogen and oxygen atoms in total. The SMILES string of the molecule is Cc1cc([N+](=O)[O-])cc(S(=O)(=O)N(C)CC2COc3ccccc3O2)c1C. The van der Waals surface area contributed by atoms with Gasteiger partial charge < -0.3 is 9.47 Å². The predicted octanol–water partition coefficient (Wildman–Crippen LogP) is 2.67. The molecule has 1 heterocycles. The molecule has 0 aromatic heterocycles. The Morgan fingerprint density at radius 1 is 1.22 bits per heavy atom. The molecule has 1 atom stereocenters. The Kier molecular flexibility index (Phi) is 5.07. The van der Waals surface area contributed by atoms with Crippen LogP contribution in [0.1, 0.15) is 11.1 Å². The van der Waals surface area contributed by atoms with E-state index in [0.717, 1.165) is 10.4 Å². The second-order valence-corrected chi connectivity index (χ2v) is 8.44. The van der Waals surface area contributed by atoms with E-state index >= 15 is 0 Å². The third-order valence-electron chi connectivity index (χ3n) is 4.53.